The molecule has 53 heavy (non-hydrogen) atoms. The Morgan fingerprint density at radius 3 is 2.64 bits per heavy atom. The summed E-state index contributed by atoms with van der Waals surface area (Å²) in [6.07, 6.45) is 6.71. The van der Waals surface area contributed by atoms with Gasteiger partial charge in [-0.05, 0) is 63.5 Å². The molecule has 2 aromatic heterocycles. The molecule has 3 aromatic rings. The average molecular weight is 786 g/mol. The van der Waals surface area contributed by atoms with Gasteiger partial charge in [0.2, 0.25) is 21.8 Å². The summed E-state index contributed by atoms with van der Waals surface area (Å²) in [7, 11) is -0.744. The predicted octanol–water partition coefficient (Wildman–Crippen LogP) is 5.03. The van der Waals surface area contributed by atoms with E-state index in [0.29, 0.717) is 51.9 Å². The minimum absolute atomic E-state index is 0.00897. The Morgan fingerprint density at radius 2 is 1.94 bits per heavy atom. The maximum atomic E-state index is 14.2. The number of allylic oxidation sites excluding steroid dienone is 1. The molecule has 0 spiro atoms. The number of nitrogens with one attached hydrogen (secondary N) is 2. The number of sulfonamides is 1. The number of carbonyl (C=O) groups excluding carboxylic acids is 3. The van der Waals surface area contributed by atoms with E-state index in [1.807, 2.05) is 17.5 Å². The maximum absolute atomic E-state index is 14.2. The van der Waals surface area contributed by atoms with Gasteiger partial charge in [0.1, 0.15) is 23.4 Å². The lowest BCUT2D eigenvalue weighted by Gasteiger charge is -2.30. The lowest BCUT2D eigenvalue weighted by atomic mass is 10.1. The predicted molar refractivity (Wildman–Crippen MR) is 201 cm³/mol. The van der Waals surface area contributed by atoms with Crippen LogP contribution in [0.4, 0.5) is 4.79 Å². The summed E-state index contributed by atoms with van der Waals surface area (Å²) in [4.78, 5) is 59.3. The van der Waals surface area contributed by atoms with Crippen LogP contribution in [-0.4, -0.2) is 101 Å². The van der Waals surface area contributed by atoms with Gasteiger partial charge in [-0.1, -0.05) is 37.6 Å². The van der Waals surface area contributed by atoms with Crippen molar-refractivity contribution in [1.29, 1.82) is 0 Å². The van der Waals surface area contributed by atoms with Gasteiger partial charge in [-0.3, -0.25) is 14.3 Å². The van der Waals surface area contributed by atoms with E-state index in [4.69, 9.17) is 36.0 Å². The van der Waals surface area contributed by atoms with Crippen LogP contribution in [0.1, 0.15) is 77.3 Å². The number of aromatic nitrogens is 3. The maximum Gasteiger partial charge on any atom is 0.319 e. The van der Waals surface area contributed by atoms with Crippen LogP contribution in [0.5, 0.6) is 11.6 Å². The first-order valence-electron chi connectivity index (χ1n) is 17.9. The van der Waals surface area contributed by atoms with Gasteiger partial charge in [0.05, 0.1) is 40.0 Å². The number of amides is 4. The number of fused-ring (bicyclic) bond motifs is 3. The first-order valence-corrected chi connectivity index (χ1v) is 20.6. The molecule has 2 aliphatic carbocycles. The van der Waals surface area contributed by atoms with E-state index in [1.54, 1.807) is 31.0 Å². The third-order valence-electron chi connectivity index (χ3n) is 10.8. The van der Waals surface area contributed by atoms with Gasteiger partial charge in [-0.25, -0.2) is 23.2 Å². The summed E-state index contributed by atoms with van der Waals surface area (Å²) < 4.78 is 39.5. The normalized spacial score (nSPS) is 26.4. The molecule has 3 fully saturated rings. The minimum Gasteiger partial charge on any atom is -0.495 e. The first kappa shape index (κ1) is 37.3. The van der Waals surface area contributed by atoms with Crippen LogP contribution in [-0.2, 0) is 19.6 Å². The van der Waals surface area contributed by atoms with Crippen LogP contribution in [0.15, 0.2) is 29.7 Å². The largest absolute Gasteiger partial charge is 0.495 e. The van der Waals surface area contributed by atoms with Gasteiger partial charge in [-0.2, -0.15) is 4.98 Å². The number of methoxy groups -OCH3 is 1. The molecule has 7 rings (SSSR count). The number of ether oxygens (including phenoxy) is 2. The van der Waals surface area contributed by atoms with Gasteiger partial charge in [0.25, 0.3) is 5.91 Å². The van der Waals surface area contributed by atoms with Gasteiger partial charge in [0.15, 0.2) is 10.8 Å². The molecule has 2 N–H and O–H groups in total. The van der Waals surface area contributed by atoms with E-state index >= 15 is 0 Å². The van der Waals surface area contributed by atoms with Crippen molar-refractivity contribution < 1.29 is 32.3 Å². The highest BCUT2D eigenvalue weighted by atomic mass is 35.5. The molecule has 0 bridgehead atoms. The summed E-state index contributed by atoms with van der Waals surface area (Å²) in [6, 6.07) is 1.78. The number of benzene rings is 1. The summed E-state index contributed by atoms with van der Waals surface area (Å²) in [5, 5.41) is 6.30. The molecule has 284 valence electrons. The molecule has 4 amide bonds. The van der Waals surface area contributed by atoms with Crippen LogP contribution in [0.3, 0.4) is 0 Å². The highest BCUT2D eigenvalue weighted by Crippen LogP contribution is 2.47. The Balaban J connectivity index is 1.21. The minimum atomic E-state index is -3.96. The molecule has 4 heterocycles. The van der Waals surface area contributed by atoms with Crippen LogP contribution in [0, 0.1) is 5.92 Å². The van der Waals surface area contributed by atoms with E-state index in [0.717, 1.165) is 25.0 Å². The van der Waals surface area contributed by atoms with E-state index in [-0.39, 0.29) is 37.1 Å². The molecule has 2 saturated carbocycles. The fourth-order valence-electron chi connectivity index (χ4n) is 6.86. The summed E-state index contributed by atoms with van der Waals surface area (Å²) in [6.45, 7) is 6.20. The monoisotopic (exact) mass is 785 g/mol. The number of carbonyl (C=O) groups is 3. The second kappa shape index (κ2) is 14.0. The van der Waals surface area contributed by atoms with E-state index < -0.39 is 50.3 Å². The van der Waals surface area contributed by atoms with Gasteiger partial charge in [0, 0.05) is 31.3 Å². The SMILES string of the molecule is COc1cc2c(O[C@H]3C[C@H]4C(=O)N(C)CCCC/C=C\[C@@H]5C[C@@]5(C(=O)NS(=O)(=O)C5(C)CC5)NC(=O)N4C3)nc(-c3nc(C(C)C)cs3)nc2cc1Cl. The van der Waals surface area contributed by atoms with Crippen molar-refractivity contribution in [2.45, 2.75) is 94.1 Å². The third-order valence-corrected chi connectivity index (χ3v) is 14.1. The second-order valence-electron chi connectivity index (χ2n) is 15.0. The Morgan fingerprint density at radius 1 is 1.17 bits per heavy atom. The second-order valence-corrected chi connectivity index (χ2v) is 18.5. The zero-order valence-corrected chi connectivity index (χ0v) is 32.7. The molecule has 17 heteroatoms. The van der Waals surface area contributed by atoms with Crippen molar-refractivity contribution in [3.05, 3.63) is 40.4 Å². The molecule has 2 aliphatic heterocycles. The molecular weight excluding hydrogens is 742 g/mol. The molecule has 0 radical (unpaired) electrons. The number of rotatable bonds is 8. The quantitative estimate of drug-likeness (QED) is 0.295. The summed E-state index contributed by atoms with van der Waals surface area (Å²) in [5.41, 5.74) is -0.0790. The van der Waals surface area contributed by atoms with Crippen molar-refractivity contribution in [1.82, 2.24) is 34.8 Å². The molecule has 14 nitrogen and oxygen atoms in total. The van der Waals surface area contributed by atoms with Crippen molar-refractivity contribution >= 4 is 61.7 Å². The summed E-state index contributed by atoms with van der Waals surface area (Å²) >= 11 is 7.92. The smallest absolute Gasteiger partial charge is 0.319 e. The number of hydrogen-bond acceptors (Lipinski definition) is 11. The zero-order chi connectivity index (χ0) is 37.9. The molecule has 1 saturated heterocycles. The van der Waals surface area contributed by atoms with E-state index in [1.165, 1.54) is 23.3 Å². The highest BCUT2D eigenvalue weighted by Gasteiger charge is 2.63. The van der Waals surface area contributed by atoms with Gasteiger partial charge >= 0.3 is 6.03 Å². The summed E-state index contributed by atoms with van der Waals surface area (Å²) in [5.74, 6) is -0.298. The number of nitrogens with zero attached hydrogens (tertiary/aromatic N) is 5. The Kier molecular flexibility index (Phi) is 9.85. The number of thiazole rings is 1. The first-order chi connectivity index (χ1) is 25.1. The van der Waals surface area contributed by atoms with Crippen molar-refractivity contribution in [3.63, 3.8) is 0 Å². The van der Waals surface area contributed by atoms with Crippen LogP contribution in [0.25, 0.3) is 21.7 Å². The van der Waals surface area contributed by atoms with Crippen LogP contribution in [0.2, 0.25) is 5.02 Å². The third kappa shape index (κ3) is 7.17. The molecule has 4 atom stereocenters. The van der Waals surface area contributed by atoms with E-state index in [9.17, 15) is 22.8 Å². The fraction of sp³-hybridized carbons (Fsp3) is 0.556. The van der Waals surface area contributed by atoms with Gasteiger partial charge in [-0.15, -0.1) is 11.3 Å². The zero-order valence-electron chi connectivity index (χ0n) is 30.3. The Labute approximate surface area is 317 Å². The van der Waals surface area contributed by atoms with E-state index in [2.05, 4.69) is 23.9 Å². The number of halogens is 1. The standard InChI is InChI=1S/C36H44ClN7O7S2/c1-20(2)26-19-52-31(39-26)29-38-25-16-24(37)28(50-5)15-23(25)30(40-29)51-22-14-27-32(45)43(4)13-9-7-6-8-10-21-17-36(21,41-34(47)44(27)18-22)33(46)42-53(48,49)35(3)11-12-35/h8,10,15-16,19-22,27H,6-7,9,11-14,17-18H2,1-5H3,(H,41,47)(H,42,46)/b10-8-/t21-,22+,27+,36-/m1/s1. The van der Waals surface area contributed by atoms with Crippen LogP contribution >= 0.6 is 22.9 Å². The lowest BCUT2D eigenvalue weighted by Crippen LogP contribution is -2.58. The van der Waals surface area contributed by atoms with Crippen molar-refractivity contribution in [2.75, 3.05) is 27.2 Å². The Hall–Kier alpha value is -4.02. The number of likely N-dealkylation sites (N-methyl/N-ethyl adjacent to an activating group) is 1. The van der Waals surface area contributed by atoms with Crippen LogP contribution < -0.4 is 19.5 Å². The molecule has 0 unspecified atom stereocenters. The molecular formula is C36H44ClN7O7S2. The topological polar surface area (TPSA) is 173 Å². The van der Waals surface area contributed by atoms with Crippen molar-refractivity contribution in [2.24, 2.45) is 5.92 Å². The Bertz CT molecular complexity index is 2100. The molecule has 4 aliphatic rings. The highest BCUT2D eigenvalue weighted by molar-refractivity contribution is 7.91. The molecule has 1 aromatic carbocycles. The van der Waals surface area contributed by atoms with Gasteiger partial charge < -0.3 is 24.6 Å². The fourth-order valence-corrected chi connectivity index (χ4v) is 9.32. The van der Waals surface area contributed by atoms with Crippen molar-refractivity contribution in [3.8, 4) is 22.5 Å². The lowest BCUT2D eigenvalue weighted by molar-refractivity contribution is -0.134. The number of urea groups is 1. The average Bonchev–Trinajstić information content (AvgIpc) is 3.88. The number of hydrogen-bond donors (Lipinski definition) is 2.